The molecule has 1 unspecified atom stereocenters. The van der Waals surface area contributed by atoms with Gasteiger partial charge in [0.05, 0.1) is 0 Å². The number of hydrogen-bond donors (Lipinski definition) is 2. The summed E-state index contributed by atoms with van der Waals surface area (Å²) >= 11 is 0. The van der Waals surface area contributed by atoms with Gasteiger partial charge in [0.1, 0.15) is 6.04 Å². The van der Waals surface area contributed by atoms with Crippen LogP contribution in [0.1, 0.15) is 31.0 Å². The number of carbonyl (C=O) groups is 2. The van der Waals surface area contributed by atoms with Crippen molar-refractivity contribution in [3.8, 4) is 0 Å². The van der Waals surface area contributed by atoms with Gasteiger partial charge in [-0.2, -0.15) is 4.98 Å². The highest BCUT2D eigenvalue weighted by Gasteiger charge is 2.37. The normalized spacial score (nSPS) is 16.3. The van der Waals surface area contributed by atoms with E-state index in [4.69, 9.17) is 9.63 Å². The molecule has 0 aliphatic heterocycles. The van der Waals surface area contributed by atoms with Crippen LogP contribution in [0.3, 0.4) is 0 Å². The van der Waals surface area contributed by atoms with Crippen LogP contribution in [0.5, 0.6) is 0 Å². The number of nitrogens with zero attached hydrogens (tertiary/aromatic N) is 2. The van der Waals surface area contributed by atoms with Crippen LogP contribution in [0.25, 0.3) is 0 Å². The molecule has 7 nitrogen and oxygen atoms in total. The number of carboxylic acid groups (broad SMARTS) is 1. The van der Waals surface area contributed by atoms with E-state index >= 15 is 0 Å². The molecule has 1 aliphatic carbocycles. The number of aryl methyl sites for hydroxylation is 2. The fraction of sp³-hybridized carbons (Fsp3) is 0.636. The Hall–Kier alpha value is -1.92. The summed E-state index contributed by atoms with van der Waals surface area (Å²) in [4.78, 5) is 26.5. The van der Waals surface area contributed by atoms with E-state index in [0.29, 0.717) is 18.1 Å². The van der Waals surface area contributed by atoms with Gasteiger partial charge in [0, 0.05) is 12.8 Å². The van der Waals surface area contributed by atoms with Crippen LogP contribution in [0.4, 0.5) is 0 Å². The van der Waals surface area contributed by atoms with Crippen LogP contribution >= 0.6 is 0 Å². The van der Waals surface area contributed by atoms with Crippen LogP contribution in [0, 0.1) is 12.8 Å². The molecule has 2 N–H and O–H groups in total. The fourth-order valence-corrected chi connectivity index (χ4v) is 1.72. The van der Waals surface area contributed by atoms with Crippen molar-refractivity contribution in [1.29, 1.82) is 0 Å². The first-order valence-corrected chi connectivity index (χ1v) is 5.87. The number of rotatable bonds is 6. The number of amides is 1. The molecule has 98 valence electrons. The Kier molecular flexibility index (Phi) is 3.59. The molecule has 0 saturated heterocycles. The summed E-state index contributed by atoms with van der Waals surface area (Å²) in [5, 5.41) is 15.1. The lowest BCUT2D eigenvalue weighted by Gasteiger charge is -2.12. The van der Waals surface area contributed by atoms with Crippen LogP contribution in [-0.2, 0) is 16.0 Å². The molecule has 1 amide bonds. The summed E-state index contributed by atoms with van der Waals surface area (Å²) in [6.45, 7) is 1.70. The predicted molar refractivity (Wildman–Crippen MR) is 59.6 cm³/mol. The highest BCUT2D eigenvalue weighted by Crippen LogP contribution is 2.32. The molecule has 0 radical (unpaired) electrons. The van der Waals surface area contributed by atoms with E-state index in [-0.39, 0.29) is 18.2 Å². The van der Waals surface area contributed by atoms with Gasteiger partial charge < -0.3 is 14.9 Å². The van der Waals surface area contributed by atoms with Gasteiger partial charge in [-0.25, -0.2) is 4.79 Å². The molecule has 1 aliphatic rings. The Bertz CT molecular complexity index is 453. The van der Waals surface area contributed by atoms with Crippen LogP contribution in [-0.4, -0.2) is 33.2 Å². The fourth-order valence-electron chi connectivity index (χ4n) is 1.72. The average Bonchev–Trinajstić information content (AvgIpc) is 3.06. The number of carbonyl (C=O) groups excluding carboxylic acids is 1. The van der Waals surface area contributed by atoms with Gasteiger partial charge in [-0.15, -0.1) is 0 Å². The summed E-state index contributed by atoms with van der Waals surface area (Å²) in [7, 11) is 0. The quantitative estimate of drug-likeness (QED) is 0.754. The molecule has 2 rings (SSSR count). The minimum absolute atomic E-state index is 0.0806. The van der Waals surface area contributed by atoms with E-state index < -0.39 is 12.0 Å². The number of hydrogen-bond acceptors (Lipinski definition) is 5. The Morgan fingerprint density at radius 2 is 2.28 bits per heavy atom. The summed E-state index contributed by atoms with van der Waals surface area (Å²) < 4.78 is 4.87. The third-order valence-corrected chi connectivity index (χ3v) is 2.81. The van der Waals surface area contributed by atoms with Gasteiger partial charge in [0.15, 0.2) is 5.82 Å². The second-order valence-corrected chi connectivity index (χ2v) is 4.46. The highest BCUT2D eigenvalue weighted by molar-refractivity contribution is 5.84. The smallest absolute Gasteiger partial charge is 0.326 e. The Balaban J connectivity index is 1.79. The molecule has 18 heavy (non-hydrogen) atoms. The van der Waals surface area contributed by atoms with E-state index in [1.807, 2.05) is 0 Å². The van der Waals surface area contributed by atoms with Gasteiger partial charge in [-0.05, 0) is 25.7 Å². The maximum Gasteiger partial charge on any atom is 0.326 e. The monoisotopic (exact) mass is 253 g/mol. The zero-order valence-electron chi connectivity index (χ0n) is 10.0. The van der Waals surface area contributed by atoms with Crippen LogP contribution < -0.4 is 5.32 Å². The molecule has 1 atom stereocenters. The third-order valence-electron chi connectivity index (χ3n) is 2.81. The van der Waals surface area contributed by atoms with Gasteiger partial charge in [0.2, 0.25) is 11.8 Å². The molecule has 1 aromatic rings. The zero-order chi connectivity index (χ0) is 13.1. The van der Waals surface area contributed by atoms with Crippen LogP contribution in [0.2, 0.25) is 0 Å². The molecule has 1 saturated carbocycles. The molecular weight excluding hydrogens is 238 g/mol. The first-order chi connectivity index (χ1) is 8.56. The molecule has 0 bridgehead atoms. The van der Waals surface area contributed by atoms with Crippen molar-refractivity contribution in [2.75, 3.05) is 0 Å². The number of nitrogens with one attached hydrogen (secondary N) is 1. The summed E-state index contributed by atoms with van der Waals surface area (Å²) in [5.74, 6) is -0.283. The summed E-state index contributed by atoms with van der Waals surface area (Å²) in [6.07, 6.45) is 2.20. The second-order valence-electron chi connectivity index (χ2n) is 4.46. The van der Waals surface area contributed by atoms with Crippen molar-refractivity contribution < 1.29 is 19.2 Å². The summed E-state index contributed by atoms with van der Waals surface area (Å²) in [6, 6.07) is -0.762. The van der Waals surface area contributed by atoms with Crippen molar-refractivity contribution in [2.45, 2.75) is 38.6 Å². The molecule has 7 heteroatoms. The minimum Gasteiger partial charge on any atom is -0.480 e. The number of carboxylic acids is 1. The molecular formula is C11H15N3O4. The van der Waals surface area contributed by atoms with Crippen molar-refractivity contribution in [3.63, 3.8) is 0 Å². The minimum atomic E-state index is -0.973. The molecule has 1 aromatic heterocycles. The molecule has 0 aromatic carbocycles. The Labute approximate surface area is 104 Å². The summed E-state index contributed by atoms with van der Waals surface area (Å²) in [5.41, 5.74) is 0. The van der Waals surface area contributed by atoms with Crippen molar-refractivity contribution in [3.05, 3.63) is 11.7 Å². The Morgan fingerprint density at radius 1 is 1.56 bits per heavy atom. The maximum atomic E-state index is 11.6. The van der Waals surface area contributed by atoms with E-state index in [1.54, 1.807) is 6.92 Å². The second kappa shape index (κ2) is 5.16. The molecule has 1 fully saturated rings. The zero-order valence-corrected chi connectivity index (χ0v) is 10.0. The highest BCUT2D eigenvalue weighted by atomic mass is 16.5. The molecule has 1 heterocycles. The molecule has 0 spiro atoms. The van der Waals surface area contributed by atoms with E-state index in [0.717, 1.165) is 12.8 Å². The van der Waals surface area contributed by atoms with Gasteiger partial charge >= 0.3 is 5.97 Å². The third kappa shape index (κ3) is 3.28. The van der Waals surface area contributed by atoms with E-state index in [9.17, 15) is 9.59 Å². The lowest BCUT2D eigenvalue weighted by Crippen LogP contribution is -2.42. The van der Waals surface area contributed by atoms with E-state index in [2.05, 4.69) is 15.5 Å². The van der Waals surface area contributed by atoms with Crippen LogP contribution in [0.15, 0.2) is 4.52 Å². The Morgan fingerprint density at radius 3 is 2.78 bits per heavy atom. The maximum absolute atomic E-state index is 11.6. The van der Waals surface area contributed by atoms with Crippen molar-refractivity contribution in [1.82, 2.24) is 15.5 Å². The average molecular weight is 253 g/mol. The topological polar surface area (TPSA) is 105 Å². The first-order valence-electron chi connectivity index (χ1n) is 5.87. The standard InChI is InChI=1S/C11H15N3O4/c1-6-12-9(18-14-6)5-4-8(15)13-10(11(16)17)7-2-3-7/h7,10H,2-5H2,1H3,(H,13,15)(H,16,17). The SMILES string of the molecule is Cc1noc(CCC(=O)NC(C(=O)O)C2CC2)n1. The van der Waals surface area contributed by atoms with Crippen molar-refractivity contribution >= 4 is 11.9 Å². The first kappa shape index (κ1) is 12.5. The van der Waals surface area contributed by atoms with Gasteiger partial charge in [-0.1, -0.05) is 5.16 Å². The lowest BCUT2D eigenvalue weighted by atomic mass is 10.1. The number of aromatic nitrogens is 2. The van der Waals surface area contributed by atoms with Crippen molar-refractivity contribution in [2.24, 2.45) is 5.92 Å². The van der Waals surface area contributed by atoms with Gasteiger partial charge in [0.25, 0.3) is 0 Å². The van der Waals surface area contributed by atoms with E-state index in [1.165, 1.54) is 0 Å². The largest absolute Gasteiger partial charge is 0.480 e. The number of aliphatic carboxylic acids is 1. The lowest BCUT2D eigenvalue weighted by molar-refractivity contribution is -0.142. The van der Waals surface area contributed by atoms with Gasteiger partial charge in [-0.3, -0.25) is 4.79 Å². The predicted octanol–water partition coefficient (Wildman–Crippen LogP) is 0.290.